The highest BCUT2D eigenvalue weighted by Gasteiger charge is 2.16. The van der Waals surface area contributed by atoms with Crippen molar-refractivity contribution in [3.05, 3.63) is 33.6 Å². The summed E-state index contributed by atoms with van der Waals surface area (Å²) in [6.45, 7) is 0. The van der Waals surface area contributed by atoms with Gasteiger partial charge in [-0.2, -0.15) is 4.39 Å². The Labute approximate surface area is 81.8 Å². The molecule has 0 heterocycles. The van der Waals surface area contributed by atoms with Crippen molar-refractivity contribution in [1.82, 2.24) is 0 Å². The number of benzene rings is 1. The molecule has 0 fully saturated rings. The molecule has 0 amide bonds. The van der Waals surface area contributed by atoms with Crippen LogP contribution in [0.15, 0.2) is 12.1 Å². The van der Waals surface area contributed by atoms with E-state index in [4.69, 9.17) is 5.73 Å². The predicted molar refractivity (Wildman–Crippen MR) is 50.1 cm³/mol. The number of hydrogen-bond acceptors (Lipinski definition) is 3. The number of alkyl halides is 1. The van der Waals surface area contributed by atoms with Gasteiger partial charge in [-0.15, -0.1) is 0 Å². The van der Waals surface area contributed by atoms with Crippen LogP contribution in [-0.4, -0.2) is 4.92 Å². The first-order valence-corrected chi connectivity index (χ1v) is 4.46. The lowest BCUT2D eigenvalue weighted by Gasteiger charge is -2.01. The molecule has 0 bridgehead atoms. The molecule has 0 radical (unpaired) electrons. The number of halogens is 2. The van der Waals surface area contributed by atoms with Crippen molar-refractivity contribution in [2.75, 3.05) is 5.73 Å². The van der Waals surface area contributed by atoms with Gasteiger partial charge in [-0.25, -0.2) is 0 Å². The van der Waals surface area contributed by atoms with Crippen molar-refractivity contribution in [2.45, 2.75) is 5.33 Å². The Morgan fingerprint density at radius 2 is 2.23 bits per heavy atom. The van der Waals surface area contributed by atoms with Gasteiger partial charge in [-0.05, 0) is 5.56 Å². The third-order valence-corrected chi connectivity index (χ3v) is 2.15. The van der Waals surface area contributed by atoms with Gasteiger partial charge in [-0.3, -0.25) is 10.1 Å². The highest BCUT2D eigenvalue weighted by molar-refractivity contribution is 9.08. The van der Waals surface area contributed by atoms with E-state index in [0.717, 1.165) is 12.1 Å². The van der Waals surface area contributed by atoms with Gasteiger partial charge in [-0.1, -0.05) is 15.9 Å². The number of nitro groups is 1. The molecule has 0 saturated carbocycles. The van der Waals surface area contributed by atoms with Crippen LogP contribution < -0.4 is 5.73 Å². The Bertz CT molecular complexity index is 357. The van der Waals surface area contributed by atoms with Crippen LogP contribution in [0.4, 0.5) is 15.8 Å². The van der Waals surface area contributed by atoms with Gasteiger partial charge in [0.2, 0.25) is 5.82 Å². The molecule has 2 N–H and O–H groups in total. The van der Waals surface area contributed by atoms with E-state index in [-0.39, 0.29) is 5.69 Å². The minimum atomic E-state index is -0.910. The lowest BCUT2D eigenvalue weighted by molar-refractivity contribution is -0.387. The smallest absolute Gasteiger partial charge is 0.305 e. The second-order valence-corrected chi connectivity index (χ2v) is 2.95. The van der Waals surface area contributed by atoms with Gasteiger partial charge in [0, 0.05) is 23.2 Å². The lowest BCUT2D eigenvalue weighted by atomic mass is 10.2. The molecule has 1 rings (SSSR count). The highest BCUT2D eigenvalue weighted by atomic mass is 79.9. The molecule has 0 spiro atoms. The first kappa shape index (κ1) is 9.91. The number of nitrogen functional groups attached to an aromatic ring is 1. The van der Waals surface area contributed by atoms with Crippen LogP contribution in [0, 0.1) is 15.9 Å². The summed E-state index contributed by atoms with van der Waals surface area (Å²) in [7, 11) is 0. The molecule has 70 valence electrons. The summed E-state index contributed by atoms with van der Waals surface area (Å²) in [4.78, 5) is 9.53. The van der Waals surface area contributed by atoms with Crippen molar-refractivity contribution >= 4 is 27.3 Å². The molecular weight excluding hydrogens is 243 g/mol. The van der Waals surface area contributed by atoms with E-state index in [1.165, 1.54) is 0 Å². The lowest BCUT2D eigenvalue weighted by Crippen LogP contribution is -1.98. The number of nitrogens with two attached hydrogens (primary N) is 1. The summed E-state index contributed by atoms with van der Waals surface area (Å²) in [5, 5.41) is 10.7. The zero-order valence-electron chi connectivity index (χ0n) is 6.46. The van der Waals surface area contributed by atoms with E-state index in [0.29, 0.717) is 10.9 Å². The maximum Gasteiger partial charge on any atom is 0.305 e. The quantitative estimate of drug-likeness (QED) is 0.378. The highest BCUT2D eigenvalue weighted by Crippen LogP contribution is 2.25. The van der Waals surface area contributed by atoms with Crippen molar-refractivity contribution in [1.29, 1.82) is 0 Å². The van der Waals surface area contributed by atoms with Gasteiger partial charge in [0.05, 0.1) is 4.92 Å². The van der Waals surface area contributed by atoms with Crippen molar-refractivity contribution < 1.29 is 9.31 Å². The average molecular weight is 249 g/mol. The SMILES string of the molecule is Nc1cc(F)c([N+](=O)[O-])cc1CBr. The zero-order valence-corrected chi connectivity index (χ0v) is 8.04. The van der Waals surface area contributed by atoms with E-state index in [1.54, 1.807) is 0 Å². The standard InChI is InChI=1S/C7H6BrFN2O2/c8-3-4-1-7(11(12)13)5(9)2-6(4)10/h1-2H,3,10H2. The first-order chi connectivity index (χ1) is 6.06. The summed E-state index contributed by atoms with van der Waals surface area (Å²) in [5.74, 6) is -0.910. The molecule has 0 aliphatic carbocycles. The Kier molecular flexibility index (Phi) is 2.82. The summed E-state index contributed by atoms with van der Waals surface area (Å²) in [6.07, 6.45) is 0. The van der Waals surface area contributed by atoms with Crippen molar-refractivity contribution in [2.24, 2.45) is 0 Å². The number of hydrogen-bond donors (Lipinski definition) is 1. The molecule has 6 heteroatoms. The Hall–Kier alpha value is -1.17. The van der Waals surface area contributed by atoms with Crippen LogP contribution in [-0.2, 0) is 5.33 Å². The summed E-state index contributed by atoms with van der Waals surface area (Å²) in [6, 6.07) is 2.08. The Morgan fingerprint density at radius 1 is 1.62 bits per heavy atom. The molecular formula is C7H6BrFN2O2. The van der Waals surface area contributed by atoms with E-state index in [1.807, 2.05) is 0 Å². The van der Waals surface area contributed by atoms with E-state index in [2.05, 4.69) is 15.9 Å². The largest absolute Gasteiger partial charge is 0.398 e. The van der Waals surface area contributed by atoms with E-state index >= 15 is 0 Å². The minimum absolute atomic E-state index is 0.208. The topological polar surface area (TPSA) is 69.2 Å². The van der Waals surface area contributed by atoms with Gasteiger partial charge in [0.1, 0.15) is 0 Å². The number of nitro benzene ring substituents is 1. The maximum atomic E-state index is 12.9. The van der Waals surface area contributed by atoms with Crippen molar-refractivity contribution in [3.8, 4) is 0 Å². The van der Waals surface area contributed by atoms with Crippen LogP contribution in [0.3, 0.4) is 0 Å². The molecule has 4 nitrogen and oxygen atoms in total. The van der Waals surface area contributed by atoms with Gasteiger partial charge < -0.3 is 5.73 Å². The van der Waals surface area contributed by atoms with Crippen LogP contribution in [0.25, 0.3) is 0 Å². The normalized spacial score (nSPS) is 10.0. The van der Waals surface area contributed by atoms with Crippen LogP contribution in [0.2, 0.25) is 0 Å². The molecule has 1 aromatic rings. The minimum Gasteiger partial charge on any atom is -0.398 e. The Balaban J connectivity index is 3.30. The van der Waals surface area contributed by atoms with Crippen molar-refractivity contribution in [3.63, 3.8) is 0 Å². The molecule has 0 saturated heterocycles. The fourth-order valence-electron chi connectivity index (χ4n) is 0.876. The molecule has 0 atom stereocenters. The average Bonchev–Trinajstić information content (AvgIpc) is 2.03. The number of anilines is 1. The second-order valence-electron chi connectivity index (χ2n) is 2.39. The number of nitrogens with zero attached hydrogens (tertiary/aromatic N) is 1. The van der Waals surface area contributed by atoms with Gasteiger partial charge in [0.25, 0.3) is 0 Å². The fourth-order valence-corrected chi connectivity index (χ4v) is 1.36. The van der Waals surface area contributed by atoms with Crippen LogP contribution in [0.5, 0.6) is 0 Å². The predicted octanol–water partition coefficient (Wildman–Crippen LogP) is 2.21. The molecule has 0 aromatic heterocycles. The van der Waals surface area contributed by atoms with Crippen LogP contribution >= 0.6 is 15.9 Å². The van der Waals surface area contributed by atoms with E-state index in [9.17, 15) is 14.5 Å². The number of rotatable bonds is 2. The molecule has 1 aromatic carbocycles. The molecule has 13 heavy (non-hydrogen) atoms. The van der Waals surface area contributed by atoms with E-state index < -0.39 is 16.4 Å². The molecule has 0 aliphatic rings. The van der Waals surface area contributed by atoms with Crippen LogP contribution in [0.1, 0.15) is 5.56 Å². The fraction of sp³-hybridized carbons (Fsp3) is 0.143. The monoisotopic (exact) mass is 248 g/mol. The summed E-state index contributed by atoms with van der Waals surface area (Å²) in [5.41, 5.74) is 5.57. The zero-order chi connectivity index (χ0) is 10.0. The Morgan fingerprint density at radius 3 is 2.69 bits per heavy atom. The van der Waals surface area contributed by atoms with Gasteiger partial charge >= 0.3 is 5.69 Å². The third kappa shape index (κ3) is 1.95. The maximum absolute atomic E-state index is 12.9. The second kappa shape index (κ2) is 3.69. The molecule has 0 aliphatic heterocycles. The summed E-state index contributed by atoms with van der Waals surface area (Å²) < 4.78 is 12.9. The summed E-state index contributed by atoms with van der Waals surface area (Å²) >= 11 is 3.09. The van der Waals surface area contributed by atoms with Gasteiger partial charge in [0.15, 0.2) is 0 Å². The molecule has 0 unspecified atom stereocenters. The first-order valence-electron chi connectivity index (χ1n) is 3.34. The third-order valence-electron chi connectivity index (χ3n) is 1.55.